The maximum Gasteiger partial charge on any atom is 0.416 e. The number of sulfonamides is 1. The van der Waals surface area contributed by atoms with Crippen molar-refractivity contribution in [3.63, 3.8) is 0 Å². The molecule has 1 saturated heterocycles. The van der Waals surface area contributed by atoms with Crippen LogP contribution in [0.25, 0.3) is 0 Å². The summed E-state index contributed by atoms with van der Waals surface area (Å²) in [7, 11) is -3.71. The van der Waals surface area contributed by atoms with Crippen molar-refractivity contribution in [3.05, 3.63) is 65.2 Å². The van der Waals surface area contributed by atoms with Gasteiger partial charge >= 0.3 is 6.18 Å². The highest BCUT2D eigenvalue weighted by molar-refractivity contribution is 7.89. The smallest absolute Gasteiger partial charge is 0.335 e. The fourth-order valence-electron chi connectivity index (χ4n) is 3.71. The molecule has 11 heteroatoms. The van der Waals surface area contributed by atoms with E-state index < -0.39 is 27.7 Å². The van der Waals surface area contributed by atoms with Crippen molar-refractivity contribution >= 4 is 21.8 Å². The topological polar surface area (TPSA) is 86.8 Å². The third-order valence-electron chi connectivity index (χ3n) is 5.96. The Hall–Kier alpha value is -2.92. The Labute approximate surface area is 195 Å². The summed E-state index contributed by atoms with van der Waals surface area (Å²) in [5, 5.41) is 0. The first-order valence-corrected chi connectivity index (χ1v) is 12.4. The molecule has 1 aliphatic heterocycles. The van der Waals surface area contributed by atoms with Crippen LogP contribution in [-0.4, -0.2) is 62.8 Å². The molecule has 0 bridgehead atoms. The third kappa shape index (κ3) is 5.58. The van der Waals surface area contributed by atoms with E-state index in [-0.39, 0.29) is 48.1 Å². The predicted octanol–water partition coefficient (Wildman–Crippen LogP) is 2.99. The SMILES string of the molecule is O=C(c1ccc(C(F)(F)F)cc1)N1CCN(C(=O)c2cccc(S(=O)(=O)NCC3CC3)c2)CC1. The lowest BCUT2D eigenvalue weighted by Gasteiger charge is -2.35. The van der Waals surface area contributed by atoms with Crippen molar-refractivity contribution < 1.29 is 31.2 Å². The van der Waals surface area contributed by atoms with Gasteiger partial charge in [0.15, 0.2) is 0 Å². The van der Waals surface area contributed by atoms with E-state index in [1.165, 1.54) is 28.0 Å². The van der Waals surface area contributed by atoms with E-state index in [1.54, 1.807) is 6.07 Å². The Morgan fingerprint density at radius 2 is 1.44 bits per heavy atom. The lowest BCUT2D eigenvalue weighted by molar-refractivity contribution is -0.137. The molecule has 2 aromatic carbocycles. The largest absolute Gasteiger partial charge is 0.416 e. The maximum absolute atomic E-state index is 12.9. The second kappa shape index (κ2) is 9.38. The standard InChI is InChI=1S/C23H24F3N3O4S/c24-23(25,26)19-8-6-17(7-9-19)21(30)28-10-12-29(13-11-28)22(31)18-2-1-3-20(14-18)34(32,33)27-15-16-4-5-16/h1-3,6-9,14,16,27H,4-5,10-13,15H2. The van der Waals surface area contributed by atoms with E-state index >= 15 is 0 Å². The molecule has 4 rings (SSSR count). The molecule has 1 N–H and O–H groups in total. The Morgan fingerprint density at radius 1 is 0.882 bits per heavy atom. The van der Waals surface area contributed by atoms with Gasteiger partial charge in [-0.15, -0.1) is 0 Å². The number of nitrogens with zero attached hydrogens (tertiary/aromatic N) is 2. The van der Waals surface area contributed by atoms with Crippen molar-refractivity contribution in [2.75, 3.05) is 32.7 Å². The van der Waals surface area contributed by atoms with Crippen molar-refractivity contribution in [2.45, 2.75) is 23.9 Å². The van der Waals surface area contributed by atoms with Crippen LogP contribution in [0.2, 0.25) is 0 Å². The third-order valence-corrected chi connectivity index (χ3v) is 7.38. The van der Waals surface area contributed by atoms with Gasteiger partial charge in [0.1, 0.15) is 0 Å². The summed E-state index contributed by atoms with van der Waals surface area (Å²) in [6.07, 6.45) is -2.46. The van der Waals surface area contributed by atoms with Crippen LogP contribution in [0.4, 0.5) is 13.2 Å². The number of benzene rings is 2. The van der Waals surface area contributed by atoms with Crippen LogP contribution in [0.5, 0.6) is 0 Å². The number of piperazine rings is 1. The lowest BCUT2D eigenvalue weighted by atomic mass is 10.1. The van der Waals surface area contributed by atoms with E-state index in [1.807, 2.05) is 0 Å². The summed E-state index contributed by atoms with van der Waals surface area (Å²) in [5.41, 5.74) is -0.451. The zero-order valence-corrected chi connectivity index (χ0v) is 19.0. The Morgan fingerprint density at radius 3 is 1.97 bits per heavy atom. The van der Waals surface area contributed by atoms with Crippen LogP contribution in [0.3, 0.4) is 0 Å². The van der Waals surface area contributed by atoms with Gasteiger partial charge in [0, 0.05) is 43.9 Å². The van der Waals surface area contributed by atoms with E-state index in [4.69, 9.17) is 0 Å². The highest BCUT2D eigenvalue weighted by atomic mass is 32.2. The molecular formula is C23H24F3N3O4S. The normalized spacial score (nSPS) is 17.0. The predicted molar refractivity (Wildman–Crippen MR) is 118 cm³/mol. The number of halogens is 3. The average molecular weight is 496 g/mol. The minimum Gasteiger partial charge on any atom is -0.335 e. The van der Waals surface area contributed by atoms with Gasteiger partial charge in [-0.1, -0.05) is 6.07 Å². The molecule has 1 saturated carbocycles. The first-order chi connectivity index (χ1) is 16.0. The van der Waals surface area contributed by atoms with Crippen molar-refractivity contribution in [1.29, 1.82) is 0 Å². The van der Waals surface area contributed by atoms with Gasteiger partial charge in [0.05, 0.1) is 10.5 Å². The molecular weight excluding hydrogens is 471 g/mol. The lowest BCUT2D eigenvalue weighted by Crippen LogP contribution is -2.50. The summed E-state index contributed by atoms with van der Waals surface area (Å²) < 4.78 is 65.8. The summed E-state index contributed by atoms with van der Waals surface area (Å²) in [6, 6.07) is 9.87. The van der Waals surface area contributed by atoms with Gasteiger partial charge in [-0.05, 0) is 61.2 Å². The molecule has 34 heavy (non-hydrogen) atoms. The number of hydrogen-bond donors (Lipinski definition) is 1. The quantitative estimate of drug-likeness (QED) is 0.668. The zero-order chi connectivity index (χ0) is 24.5. The van der Waals surface area contributed by atoms with E-state index in [0.717, 1.165) is 37.1 Å². The zero-order valence-electron chi connectivity index (χ0n) is 18.2. The second-order valence-electron chi connectivity index (χ2n) is 8.48. The van der Waals surface area contributed by atoms with Crippen LogP contribution >= 0.6 is 0 Å². The number of rotatable bonds is 6. The Balaban J connectivity index is 1.36. The molecule has 2 aromatic rings. The van der Waals surface area contributed by atoms with Crippen LogP contribution in [0.1, 0.15) is 39.1 Å². The highest BCUT2D eigenvalue weighted by Crippen LogP contribution is 2.29. The van der Waals surface area contributed by atoms with E-state index in [2.05, 4.69) is 4.72 Å². The van der Waals surface area contributed by atoms with E-state index in [0.29, 0.717) is 12.5 Å². The Kier molecular flexibility index (Phi) is 6.68. The van der Waals surface area contributed by atoms with Gasteiger partial charge in [0.25, 0.3) is 11.8 Å². The summed E-state index contributed by atoms with van der Waals surface area (Å²) in [4.78, 5) is 28.6. The Bertz CT molecular complexity index is 1170. The minimum absolute atomic E-state index is 0.0233. The van der Waals surface area contributed by atoms with Crippen molar-refractivity contribution in [2.24, 2.45) is 5.92 Å². The van der Waals surface area contributed by atoms with E-state index in [9.17, 15) is 31.2 Å². The number of hydrogen-bond acceptors (Lipinski definition) is 4. The fraction of sp³-hybridized carbons (Fsp3) is 0.391. The first kappa shape index (κ1) is 24.2. The molecule has 182 valence electrons. The maximum atomic E-state index is 12.9. The second-order valence-corrected chi connectivity index (χ2v) is 10.2. The molecule has 0 atom stereocenters. The average Bonchev–Trinajstić information content (AvgIpc) is 3.66. The van der Waals surface area contributed by atoms with Crippen LogP contribution in [0, 0.1) is 5.92 Å². The fourth-order valence-corrected chi connectivity index (χ4v) is 4.87. The molecule has 1 heterocycles. The number of alkyl halides is 3. The van der Waals surface area contributed by atoms with Crippen LogP contribution in [-0.2, 0) is 16.2 Å². The summed E-state index contributed by atoms with van der Waals surface area (Å²) >= 11 is 0. The highest BCUT2D eigenvalue weighted by Gasteiger charge is 2.31. The molecule has 2 fully saturated rings. The van der Waals surface area contributed by atoms with Gasteiger partial charge in [-0.2, -0.15) is 13.2 Å². The van der Waals surface area contributed by atoms with Gasteiger partial charge in [-0.3, -0.25) is 9.59 Å². The molecule has 2 aliphatic rings. The first-order valence-electron chi connectivity index (χ1n) is 10.9. The van der Waals surface area contributed by atoms with Crippen molar-refractivity contribution in [1.82, 2.24) is 14.5 Å². The number of carbonyl (C=O) groups excluding carboxylic acids is 2. The molecule has 0 radical (unpaired) electrons. The van der Waals surface area contributed by atoms with Gasteiger partial charge in [0.2, 0.25) is 10.0 Å². The molecule has 2 amide bonds. The van der Waals surface area contributed by atoms with Crippen LogP contribution in [0.15, 0.2) is 53.4 Å². The number of amides is 2. The molecule has 7 nitrogen and oxygen atoms in total. The van der Waals surface area contributed by atoms with Crippen molar-refractivity contribution in [3.8, 4) is 0 Å². The molecule has 1 aliphatic carbocycles. The molecule has 0 unspecified atom stereocenters. The summed E-state index contributed by atoms with van der Waals surface area (Å²) in [6.45, 7) is 1.26. The molecule has 0 spiro atoms. The van der Waals surface area contributed by atoms with Gasteiger partial charge < -0.3 is 9.80 Å². The number of carbonyl (C=O) groups is 2. The summed E-state index contributed by atoms with van der Waals surface area (Å²) in [5.74, 6) is -0.377. The van der Waals surface area contributed by atoms with Crippen LogP contribution < -0.4 is 4.72 Å². The monoisotopic (exact) mass is 495 g/mol. The number of nitrogens with one attached hydrogen (secondary N) is 1. The van der Waals surface area contributed by atoms with Gasteiger partial charge in [-0.25, -0.2) is 13.1 Å². The minimum atomic E-state index is -4.47. The molecule has 0 aromatic heterocycles.